The number of aryl methyl sites for hydroxylation is 2. The average molecular weight is 299 g/mol. The Bertz CT molecular complexity index is 629. The number of hydrogen-bond donors (Lipinski definition) is 2. The number of halogens is 1. The molecule has 1 atom stereocenters. The Kier molecular flexibility index (Phi) is 4.17. The molecule has 0 aliphatic rings. The first-order valence-corrected chi connectivity index (χ1v) is 6.98. The van der Waals surface area contributed by atoms with E-state index >= 15 is 0 Å². The van der Waals surface area contributed by atoms with Crippen LogP contribution in [0.2, 0.25) is 0 Å². The van der Waals surface area contributed by atoms with Gasteiger partial charge in [-0.25, -0.2) is 9.78 Å². The molecule has 0 fully saturated rings. The Labute approximate surface area is 122 Å². The number of primary amides is 1. The lowest BCUT2D eigenvalue weighted by atomic mass is 10.3. The molecular weight excluding hydrogens is 280 g/mol. The van der Waals surface area contributed by atoms with E-state index in [1.807, 2.05) is 25.5 Å². The smallest absolute Gasteiger partial charge is 0.312 e. The van der Waals surface area contributed by atoms with E-state index in [4.69, 9.17) is 17.3 Å². The number of nitrogens with zero attached hydrogens (tertiary/aromatic N) is 4. The van der Waals surface area contributed by atoms with E-state index in [0.29, 0.717) is 13.1 Å². The highest BCUT2D eigenvalue weighted by Gasteiger charge is 2.20. The molecule has 1 unspecified atom stereocenters. The number of imidazole rings is 1. The first kappa shape index (κ1) is 14.6. The molecule has 0 saturated carbocycles. The molecule has 0 aliphatic heterocycles. The first-order valence-electron chi connectivity index (χ1n) is 6.55. The van der Waals surface area contributed by atoms with Crippen molar-refractivity contribution in [1.82, 2.24) is 24.6 Å². The van der Waals surface area contributed by atoms with Gasteiger partial charge in [0.1, 0.15) is 11.3 Å². The van der Waals surface area contributed by atoms with Crippen LogP contribution in [0.5, 0.6) is 0 Å². The summed E-state index contributed by atoms with van der Waals surface area (Å²) in [7, 11) is 1.88. The number of carbonyl (C=O) groups excluding carboxylic acids is 1. The fraction of sp³-hybridized carbons (Fsp3) is 0.583. The lowest BCUT2D eigenvalue weighted by Crippen LogP contribution is -2.32. The van der Waals surface area contributed by atoms with E-state index < -0.39 is 6.03 Å². The lowest BCUT2D eigenvalue weighted by Gasteiger charge is -2.11. The molecule has 0 spiro atoms. The predicted molar refractivity (Wildman–Crippen MR) is 77.7 cm³/mol. The van der Waals surface area contributed by atoms with Gasteiger partial charge in [0.25, 0.3) is 0 Å². The summed E-state index contributed by atoms with van der Waals surface area (Å²) in [5.41, 5.74) is 7.81. The zero-order valence-electron chi connectivity index (χ0n) is 11.9. The standard InChI is InChI=1S/C12H19ClN6O/c1-4-8-9-11(18(3)17-8)19(6-5-15-12(14)20)10(16-9)7(2)13/h7H,4-6H2,1-3H3,(H3,14,15,20). The molecule has 8 heteroatoms. The number of urea groups is 1. The highest BCUT2D eigenvalue weighted by atomic mass is 35.5. The molecule has 110 valence electrons. The van der Waals surface area contributed by atoms with E-state index in [-0.39, 0.29) is 5.38 Å². The van der Waals surface area contributed by atoms with Crippen molar-refractivity contribution >= 4 is 28.8 Å². The van der Waals surface area contributed by atoms with Crippen LogP contribution in [0.15, 0.2) is 0 Å². The maximum Gasteiger partial charge on any atom is 0.312 e. The number of nitrogens with one attached hydrogen (secondary N) is 1. The Hall–Kier alpha value is -1.76. The summed E-state index contributed by atoms with van der Waals surface area (Å²) in [5, 5.41) is 6.80. The number of nitrogens with two attached hydrogens (primary N) is 1. The van der Waals surface area contributed by atoms with Crippen LogP contribution < -0.4 is 11.1 Å². The van der Waals surface area contributed by atoms with Gasteiger partial charge in [0, 0.05) is 20.1 Å². The van der Waals surface area contributed by atoms with Crippen molar-refractivity contribution in [3.63, 3.8) is 0 Å². The fourth-order valence-electron chi connectivity index (χ4n) is 2.31. The number of rotatable bonds is 5. The quantitative estimate of drug-likeness (QED) is 0.815. The van der Waals surface area contributed by atoms with Crippen molar-refractivity contribution in [3.8, 4) is 0 Å². The Balaban J connectivity index is 2.45. The molecule has 0 aromatic carbocycles. The molecule has 2 rings (SSSR count). The van der Waals surface area contributed by atoms with Gasteiger partial charge in [-0.15, -0.1) is 11.6 Å². The largest absolute Gasteiger partial charge is 0.352 e. The molecule has 2 aromatic heterocycles. The summed E-state index contributed by atoms with van der Waals surface area (Å²) >= 11 is 6.20. The molecule has 3 N–H and O–H groups in total. The van der Waals surface area contributed by atoms with Gasteiger partial charge in [-0.3, -0.25) is 4.68 Å². The number of amides is 2. The van der Waals surface area contributed by atoms with Crippen LogP contribution in [-0.2, 0) is 20.0 Å². The summed E-state index contributed by atoms with van der Waals surface area (Å²) in [6, 6.07) is -0.541. The van der Waals surface area contributed by atoms with Gasteiger partial charge in [0.05, 0.1) is 11.1 Å². The second-order valence-electron chi connectivity index (χ2n) is 4.62. The molecule has 2 aromatic rings. The molecule has 7 nitrogen and oxygen atoms in total. The van der Waals surface area contributed by atoms with E-state index in [9.17, 15) is 4.79 Å². The van der Waals surface area contributed by atoms with Crippen molar-refractivity contribution in [2.24, 2.45) is 12.8 Å². The third kappa shape index (κ3) is 2.58. The molecular formula is C12H19ClN6O. The van der Waals surface area contributed by atoms with Gasteiger partial charge in [-0.05, 0) is 13.3 Å². The van der Waals surface area contributed by atoms with Crippen LogP contribution in [0, 0.1) is 0 Å². The van der Waals surface area contributed by atoms with Crippen molar-refractivity contribution in [2.45, 2.75) is 32.2 Å². The second-order valence-corrected chi connectivity index (χ2v) is 5.28. The number of fused-ring (bicyclic) bond motifs is 1. The van der Waals surface area contributed by atoms with Gasteiger partial charge in [-0.2, -0.15) is 5.10 Å². The molecule has 20 heavy (non-hydrogen) atoms. The van der Waals surface area contributed by atoms with Crippen molar-refractivity contribution in [2.75, 3.05) is 6.54 Å². The van der Waals surface area contributed by atoms with Gasteiger partial charge < -0.3 is 15.6 Å². The molecule has 0 aliphatic carbocycles. The summed E-state index contributed by atoms with van der Waals surface area (Å²) in [5.74, 6) is 0.774. The maximum absolute atomic E-state index is 10.8. The Morgan fingerprint density at radius 2 is 2.25 bits per heavy atom. The van der Waals surface area contributed by atoms with Crippen LogP contribution in [0.4, 0.5) is 4.79 Å². The number of carbonyl (C=O) groups is 1. The Morgan fingerprint density at radius 1 is 1.55 bits per heavy atom. The van der Waals surface area contributed by atoms with Crippen LogP contribution in [0.1, 0.15) is 30.7 Å². The lowest BCUT2D eigenvalue weighted by molar-refractivity contribution is 0.248. The maximum atomic E-state index is 10.8. The van der Waals surface area contributed by atoms with Crippen LogP contribution in [-0.4, -0.2) is 31.9 Å². The monoisotopic (exact) mass is 298 g/mol. The van der Waals surface area contributed by atoms with Crippen LogP contribution in [0.3, 0.4) is 0 Å². The number of aromatic nitrogens is 4. The minimum atomic E-state index is -0.541. The van der Waals surface area contributed by atoms with E-state index in [1.165, 1.54) is 0 Å². The zero-order chi connectivity index (χ0) is 14.9. The highest BCUT2D eigenvalue weighted by Crippen LogP contribution is 2.26. The summed E-state index contributed by atoms with van der Waals surface area (Å²) in [6.07, 6.45) is 0.810. The van der Waals surface area contributed by atoms with Gasteiger partial charge >= 0.3 is 6.03 Å². The fourth-order valence-corrected chi connectivity index (χ4v) is 2.48. The van der Waals surface area contributed by atoms with E-state index in [2.05, 4.69) is 15.4 Å². The molecule has 0 bridgehead atoms. The topological polar surface area (TPSA) is 90.8 Å². The highest BCUT2D eigenvalue weighted by molar-refractivity contribution is 6.20. The Morgan fingerprint density at radius 3 is 2.80 bits per heavy atom. The normalized spacial score (nSPS) is 12.8. The van der Waals surface area contributed by atoms with Crippen LogP contribution in [0.25, 0.3) is 11.2 Å². The van der Waals surface area contributed by atoms with Gasteiger partial charge in [-0.1, -0.05) is 6.92 Å². The van der Waals surface area contributed by atoms with Gasteiger partial charge in [0.15, 0.2) is 5.65 Å². The van der Waals surface area contributed by atoms with Crippen molar-refractivity contribution < 1.29 is 4.79 Å². The van der Waals surface area contributed by atoms with Crippen molar-refractivity contribution in [1.29, 1.82) is 0 Å². The molecule has 0 radical (unpaired) electrons. The first-order chi connectivity index (χ1) is 9.45. The second kappa shape index (κ2) is 5.70. The predicted octanol–water partition coefficient (Wildman–Crippen LogP) is 1.30. The summed E-state index contributed by atoms with van der Waals surface area (Å²) < 4.78 is 3.78. The molecule has 2 heterocycles. The number of hydrogen-bond acceptors (Lipinski definition) is 3. The number of alkyl halides is 1. The minimum absolute atomic E-state index is 0.222. The third-order valence-corrected chi connectivity index (χ3v) is 3.34. The van der Waals surface area contributed by atoms with Gasteiger partial charge in [0.2, 0.25) is 0 Å². The van der Waals surface area contributed by atoms with Crippen LogP contribution >= 0.6 is 11.6 Å². The minimum Gasteiger partial charge on any atom is -0.352 e. The SMILES string of the molecule is CCc1nn(C)c2c1nc(C(C)Cl)n2CCNC(N)=O. The van der Waals surface area contributed by atoms with E-state index in [1.54, 1.807) is 4.68 Å². The summed E-state index contributed by atoms with van der Waals surface area (Å²) in [4.78, 5) is 15.4. The van der Waals surface area contributed by atoms with Crippen molar-refractivity contribution in [3.05, 3.63) is 11.5 Å². The zero-order valence-corrected chi connectivity index (χ0v) is 12.6. The summed E-state index contributed by atoms with van der Waals surface area (Å²) in [6.45, 7) is 4.89. The molecule has 2 amide bonds. The van der Waals surface area contributed by atoms with E-state index in [0.717, 1.165) is 29.1 Å². The molecule has 0 saturated heterocycles. The average Bonchev–Trinajstić information content (AvgIpc) is 2.88. The third-order valence-electron chi connectivity index (χ3n) is 3.15.